The molecule has 0 atom stereocenters. The van der Waals surface area contributed by atoms with E-state index in [-0.39, 0.29) is 21.6 Å². The summed E-state index contributed by atoms with van der Waals surface area (Å²) in [5, 5.41) is 0. The minimum Gasteiger partial charge on any atom is -0.244 e. The number of nitrogens with zero attached hydrogens (tertiary/aromatic N) is 1. The molecule has 1 aromatic carbocycles. The molecule has 0 bridgehead atoms. The predicted molar refractivity (Wildman–Crippen MR) is 76.0 cm³/mol. The molecule has 0 spiro atoms. The van der Waals surface area contributed by atoms with Gasteiger partial charge in [0.05, 0.1) is 11.3 Å². The Balaban J connectivity index is 3.24. The Kier molecular flexibility index (Phi) is 5.24. The smallest absolute Gasteiger partial charge is 0.244 e. The van der Waals surface area contributed by atoms with E-state index in [1.54, 1.807) is 0 Å². The minimum atomic E-state index is -4.45. The number of benzene rings is 1. The molecule has 0 radical (unpaired) electrons. The van der Waals surface area contributed by atoms with Gasteiger partial charge in [-0.15, -0.1) is 0 Å². The highest BCUT2D eigenvalue weighted by Crippen LogP contribution is 2.33. The van der Waals surface area contributed by atoms with Gasteiger partial charge >= 0.3 is 6.18 Å². The van der Waals surface area contributed by atoms with Crippen LogP contribution in [0.2, 0.25) is 0 Å². The molecule has 6 heteroatoms. The first kappa shape index (κ1) is 17.0. The van der Waals surface area contributed by atoms with Gasteiger partial charge in [0, 0.05) is 10.3 Å². The maximum atomic E-state index is 13.1. The van der Waals surface area contributed by atoms with Crippen molar-refractivity contribution < 1.29 is 17.6 Å². The third-order valence-electron chi connectivity index (χ3n) is 2.51. The molecule has 0 heterocycles. The number of halogens is 4. The topological polar surface area (TPSA) is 12.4 Å². The van der Waals surface area contributed by atoms with Gasteiger partial charge in [-0.05, 0) is 51.3 Å². The zero-order valence-electron chi connectivity index (χ0n) is 11.8. The fourth-order valence-corrected chi connectivity index (χ4v) is 2.12. The summed E-state index contributed by atoms with van der Waals surface area (Å²) >= 11 is 1.15. The maximum Gasteiger partial charge on any atom is 0.416 e. The van der Waals surface area contributed by atoms with Gasteiger partial charge in [-0.3, -0.25) is 0 Å². The molecule has 0 aromatic heterocycles. The number of alkyl halides is 4. The molecule has 1 aromatic rings. The van der Waals surface area contributed by atoms with Gasteiger partial charge in [-0.25, -0.2) is 8.79 Å². The Labute approximate surface area is 120 Å². The summed E-state index contributed by atoms with van der Waals surface area (Å²) in [6.45, 7) is 6.14. The second-order valence-corrected chi connectivity index (χ2v) is 6.94. The molecule has 0 saturated carbocycles. The zero-order valence-corrected chi connectivity index (χ0v) is 12.6. The Bertz CT molecular complexity index is 501. The van der Waals surface area contributed by atoms with Crippen molar-refractivity contribution >= 4 is 17.7 Å². The van der Waals surface area contributed by atoms with E-state index >= 15 is 0 Å². The Morgan fingerprint density at radius 2 is 1.80 bits per heavy atom. The summed E-state index contributed by atoms with van der Waals surface area (Å²) < 4.78 is 55.4. The van der Waals surface area contributed by atoms with E-state index in [0.717, 1.165) is 18.0 Å². The largest absolute Gasteiger partial charge is 0.416 e. The van der Waals surface area contributed by atoms with E-state index in [1.165, 1.54) is 19.1 Å². The summed E-state index contributed by atoms with van der Waals surface area (Å²) in [4.78, 5) is 0. The van der Waals surface area contributed by atoms with Crippen molar-refractivity contribution in [3.05, 3.63) is 34.9 Å². The molecule has 0 aliphatic heterocycles. The molecule has 0 fully saturated rings. The number of rotatable bonds is 3. The SMILES string of the molecule is Cc1c(C(CF)=NSC(C)(C)C)cccc1C(F)(F)F. The quantitative estimate of drug-likeness (QED) is 0.424. The molecule has 112 valence electrons. The average Bonchev–Trinajstić information content (AvgIpc) is 2.28. The molecular weight excluding hydrogens is 290 g/mol. The summed E-state index contributed by atoms with van der Waals surface area (Å²) in [6, 6.07) is 3.73. The van der Waals surface area contributed by atoms with E-state index in [4.69, 9.17) is 0 Å². The minimum absolute atomic E-state index is 0.00547. The molecule has 0 amide bonds. The Hall–Kier alpha value is -1.04. The number of hydrogen-bond donors (Lipinski definition) is 0. The van der Waals surface area contributed by atoms with Gasteiger partial charge in [0.15, 0.2) is 0 Å². The van der Waals surface area contributed by atoms with Crippen LogP contribution in [-0.2, 0) is 6.18 Å². The van der Waals surface area contributed by atoms with Gasteiger partial charge < -0.3 is 0 Å². The van der Waals surface area contributed by atoms with Crippen LogP contribution in [0.15, 0.2) is 22.6 Å². The molecule has 0 saturated heterocycles. The lowest BCUT2D eigenvalue weighted by Gasteiger charge is -2.16. The molecule has 20 heavy (non-hydrogen) atoms. The van der Waals surface area contributed by atoms with Crippen LogP contribution in [0, 0.1) is 6.92 Å². The Morgan fingerprint density at radius 3 is 2.25 bits per heavy atom. The van der Waals surface area contributed by atoms with E-state index < -0.39 is 18.4 Å². The van der Waals surface area contributed by atoms with Crippen LogP contribution in [0.25, 0.3) is 0 Å². The summed E-state index contributed by atoms with van der Waals surface area (Å²) in [5.41, 5.74) is -0.504. The van der Waals surface area contributed by atoms with Crippen LogP contribution in [0.4, 0.5) is 17.6 Å². The highest BCUT2D eigenvalue weighted by Gasteiger charge is 2.33. The monoisotopic (exact) mass is 307 g/mol. The van der Waals surface area contributed by atoms with Crippen molar-refractivity contribution in [2.75, 3.05) is 6.67 Å². The van der Waals surface area contributed by atoms with Crippen molar-refractivity contribution in [3.63, 3.8) is 0 Å². The van der Waals surface area contributed by atoms with E-state index in [0.29, 0.717) is 0 Å². The number of hydrogen-bond acceptors (Lipinski definition) is 2. The van der Waals surface area contributed by atoms with Crippen LogP contribution < -0.4 is 0 Å². The van der Waals surface area contributed by atoms with Crippen LogP contribution in [-0.4, -0.2) is 17.1 Å². The van der Waals surface area contributed by atoms with Crippen molar-refractivity contribution in [2.45, 2.75) is 38.6 Å². The lowest BCUT2D eigenvalue weighted by atomic mass is 9.99. The molecule has 0 unspecified atom stereocenters. The second-order valence-electron chi connectivity index (χ2n) is 5.35. The van der Waals surface area contributed by atoms with Gasteiger partial charge in [0.1, 0.15) is 6.67 Å². The van der Waals surface area contributed by atoms with Crippen LogP contribution in [0.5, 0.6) is 0 Å². The van der Waals surface area contributed by atoms with E-state index in [1.807, 2.05) is 20.8 Å². The van der Waals surface area contributed by atoms with Crippen molar-refractivity contribution in [2.24, 2.45) is 4.40 Å². The molecule has 1 rings (SSSR count). The highest BCUT2D eigenvalue weighted by molar-refractivity contribution is 7.99. The molecule has 1 nitrogen and oxygen atoms in total. The predicted octanol–water partition coefficient (Wildman–Crippen LogP) is 5.22. The van der Waals surface area contributed by atoms with E-state index in [9.17, 15) is 17.6 Å². The second kappa shape index (κ2) is 6.16. The molecule has 0 aliphatic carbocycles. The molecule has 0 aliphatic rings. The third kappa shape index (κ3) is 4.51. The first-order valence-electron chi connectivity index (χ1n) is 6.04. The third-order valence-corrected chi connectivity index (χ3v) is 3.37. The Morgan fingerprint density at radius 1 is 1.20 bits per heavy atom. The van der Waals surface area contributed by atoms with Gasteiger partial charge in [0.2, 0.25) is 0 Å². The van der Waals surface area contributed by atoms with Crippen LogP contribution >= 0.6 is 11.9 Å². The lowest BCUT2D eigenvalue weighted by molar-refractivity contribution is -0.138. The maximum absolute atomic E-state index is 13.1. The zero-order chi connectivity index (χ0) is 15.6. The molecule has 0 N–H and O–H groups in total. The van der Waals surface area contributed by atoms with Crippen molar-refractivity contribution in [1.82, 2.24) is 0 Å². The van der Waals surface area contributed by atoms with Gasteiger partial charge in [-0.1, -0.05) is 12.1 Å². The molecular formula is C14H17F4NS. The summed E-state index contributed by atoms with van der Waals surface area (Å²) in [6.07, 6.45) is -4.45. The standard InChI is InChI=1S/C14H17F4NS/c1-9-10(6-5-7-11(9)14(16,17)18)12(8-15)19-20-13(2,3)4/h5-7H,8H2,1-4H3. The summed E-state index contributed by atoms with van der Waals surface area (Å²) in [7, 11) is 0. The van der Waals surface area contributed by atoms with Crippen LogP contribution in [0.1, 0.15) is 37.5 Å². The van der Waals surface area contributed by atoms with Crippen LogP contribution in [0.3, 0.4) is 0 Å². The van der Waals surface area contributed by atoms with Gasteiger partial charge in [-0.2, -0.15) is 13.2 Å². The van der Waals surface area contributed by atoms with Crippen molar-refractivity contribution in [1.29, 1.82) is 0 Å². The van der Waals surface area contributed by atoms with Gasteiger partial charge in [0.25, 0.3) is 0 Å². The first-order chi connectivity index (χ1) is 9.06. The highest BCUT2D eigenvalue weighted by atomic mass is 32.2. The average molecular weight is 307 g/mol. The summed E-state index contributed by atoms with van der Waals surface area (Å²) in [5.74, 6) is 0. The van der Waals surface area contributed by atoms with E-state index in [2.05, 4.69) is 4.40 Å². The fourth-order valence-electron chi connectivity index (χ4n) is 1.59. The lowest BCUT2D eigenvalue weighted by Crippen LogP contribution is -2.14. The van der Waals surface area contributed by atoms with Crippen molar-refractivity contribution in [3.8, 4) is 0 Å². The fraction of sp³-hybridized carbons (Fsp3) is 0.500. The first-order valence-corrected chi connectivity index (χ1v) is 6.82. The normalized spacial score (nSPS) is 13.7.